The third-order valence-electron chi connectivity index (χ3n) is 15.2. The predicted octanol–water partition coefficient (Wildman–Crippen LogP) is 20.6. The second kappa shape index (κ2) is 61.9. The molecule has 0 aromatic carbocycles. The summed E-state index contributed by atoms with van der Waals surface area (Å²) in [6.45, 7) is 4.96. The quantitative estimate of drug-likeness (QED) is 0.0320. The van der Waals surface area contributed by atoms with Gasteiger partial charge >= 0.3 is 5.97 Å². The number of aliphatic hydroxyl groups excluding tert-OH is 2. The molecule has 0 spiro atoms. The summed E-state index contributed by atoms with van der Waals surface area (Å²) in [4.78, 5) is 24.5. The first-order chi connectivity index (χ1) is 35.5. The third kappa shape index (κ3) is 57.6. The number of aliphatic hydroxyl groups is 2. The molecule has 2 unspecified atom stereocenters. The molecular weight excluding hydrogens is 887 g/mol. The third-order valence-corrected chi connectivity index (χ3v) is 15.2. The van der Waals surface area contributed by atoms with Gasteiger partial charge in [0.05, 0.1) is 25.4 Å². The van der Waals surface area contributed by atoms with Gasteiger partial charge in [-0.3, -0.25) is 9.59 Å². The van der Waals surface area contributed by atoms with Crippen molar-refractivity contribution < 1.29 is 24.5 Å². The van der Waals surface area contributed by atoms with Crippen LogP contribution in [-0.2, 0) is 14.3 Å². The van der Waals surface area contributed by atoms with E-state index in [1.54, 1.807) is 0 Å². The van der Waals surface area contributed by atoms with Crippen molar-refractivity contribution in [3.63, 3.8) is 0 Å². The van der Waals surface area contributed by atoms with E-state index >= 15 is 0 Å². The molecule has 0 saturated heterocycles. The summed E-state index contributed by atoms with van der Waals surface area (Å²) in [6, 6.07) is -0.544. The number of ether oxygens (including phenoxy) is 1. The molecule has 0 aliphatic rings. The summed E-state index contributed by atoms with van der Waals surface area (Å²) in [6.07, 6.45) is 76.3. The van der Waals surface area contributed by atoms with Crippen molar-refractivity contribution in [2.45, 2.75) is 373 Å². The van der Waals surface area contributed by atoms with Gasteiger partial charge in [-0.15, -0.1) is 0 Å². The van der Waals surface area contributed by atoms with Crippen LogP contribution in [0.4, 0.5) is 0 Å². The Morgan fingerprint density at radius 3 is 0.986 bits per heavy atom. The number of hydrogen-bond acceptors (Lipinski definition) is 5. The van der Waals surface area contributed by atoms with Crippen LogP contribution in [0.2, 0.25) is 0 Å². The molecule has 0 fully saturated rings. The highest BCUT2D eigenvalue weighted by Crippen LogP contribution is 2.18. The fraction of sp³-hybridized carbons (Fsp3) is 0.909. The Morgan fingerprint density at radius 2 is 0.653 bits per heavy atom. The standard InChI is InChI=1S/C66H127NO5/c1-3-5-7-9-11-13-15-17-19-31-34-38-42-46-50-54-58-64(69)63(62-68)67-65(70)59-55-51-47-43-39-35-32-29-27-25-23-21-20-22-24-26-28-30-33-37-41-45-49-53-57-61-72-66(71)60-56-52-48-44-40-36-18-16-14-12-10-8-6-4-2/h16,18,21,23,63-64,68-69H,3-15,17,19-20,22,24-62H2,1-2H3,(H,67,70)/b18-16-,23-21-. The van der Waals surface area contributed by atoms with Crippen LogP contribution in [0, 0.1) is 0 Å². The van der Waals surface area contributed by atoms with Crippen LogP contribution in [0.3, 0.4) is 0 Å². The normalized spacial score (nSPS) is 12.7. The summed E-state index contributed by atoms with van der Waals surface area (Å²) in [7, 11) is 0. The molecule has 0 aliphatic carbocycles. The van der Waals surface area contributed by atoms with E-state index in [0.717, 1.165) is 44.9 Å². The molecule has 0 aliphatic heterocycles. The number of hydrogen-bond donors (Lipinski definition) is 3. The van der Waals surface area contributed by atoms with Crippen LogP contribution in [0.5, 0.6) is 0 Å². The van der Waals surface area contributed by atoms with Gasteiger partial charge in [0.2, 0.25) is 5.91 Å². The van der Waals surface area contributed by atoms with Gasteiger partial charge < -0.3 is 20.3 Å². The largest absolute Gasteiger partial charge is 0.466 e. The molecule has 0 radical (unpaired) electrons. The van der Waals surface area contributed by atoms with E-state index in [0.29, 0.717) is 25.9 Å². The zero-order valence-electron chi connectivity index (χ0n) is 48.7. The van der Waals surface area contributed by atoms with Gasteiger partial charge in [0.25, 0.3) is 0 Å². The van der Waals surface area contributed by atoms with E-state index in [-0.39, 0.29) is 18.5 Å². The lowest BCUT2D eigenvalue weighted by atomic mass is 10.0. The van der Waals surface area contributed by atoms with Crippen LogP contribution in [0.15, 0.2) is 24.3 Å². The number of esters is 1. The summed E-state index contributed by atoms with van der Waals surface area (Å²) < 4.78 is 5.48. The average Bonchev–Trinajstić information content (AvgIpc) is 3.38. The zero-order valence-corrected chi connectivity index (χ0v) is 48.7. The highest BCUT2D eigenvalue weighted by atomic mass is 16.5. The molecule has 0 aromatic heterocycles. The van der Waals surface area contributed by atoms with E-state index in [2.05, 4.69) is 43.5 Å². The molecule has 0 bridgehead atoms. The molecule has 0 heterocycles. The van der Waals surface area contributed by atoms with E-state index in [1.165, 1.54) is 283 Å². The topological polar surface area (TPSA) is 95.9 Å². The number of rotatable bonds is 61. The van der Waals surface area contributed by atoms with Crippen LogP contribution in [0.1, 0.15) is 361 Å². The smallest absolute Gasteiger partial charge is 0.305 e. The lowest BCUT2D eigenvalue weighted by Gasteiger charge is -2.22. The summed E-state index contributed by atoms with van der Waals surface area (Å²) >= 11 is 0. The van der Waals surface area contributed by atoms with Crippen LogP contribution in [0.25, 0.3) is 0 Å². The molecule has 0 aromatic rings. The molecule has 0 rings (SSSR count). The first kappa shape index (κ1) is 70.3. The van der Waals surface area contributed by atoms with Crippen molar-refractivity contribution in [3.8, 4) is 0 Å². The highest BCUT2D eigenvalue weighted by Gasteiger charge is 2.20. The molecule has 3 N–H and O–H groups in total. The maximum absolute atomic E-state index is 12.5. The SMILES string of the molecule is CCCCCCC/C=C\CCCCCCCC(=O)OCCCCCCCCCCCCCC/C=C\CCCCCCCCCCCC(=O)NC(CO)C(O)CCCCCCCCCCCCCCCCCC. The minimum absolute atomic E-state index is 0.00538. The average molecular weight is 1010 g/mol. The van der Waals surface area contributed by atoms with Crippen molar-refractivity contribution in [3.05, 3.63) is 24.3 Å². The Bertz CT molecular complexity index is 1120. The van der Waals surface area contributed by atoms with Gasteiger partial charge in [-0.05, 0) is 77.0 Å². The Kier molecular flexibility index (Phi) is 60.5. The number of amides is 1. The van der Waals surface area contributed by atoms with Crippen molar-refractivity contribution in [2.75, 3.05) is 13.2 Å². The maximum Gasteiger partial charge on any atom is 0.305 e. The van der Waals surface area contributed by atoms with Crippen molar-refractivity contribution in [1.29, 1.82) is 0 Å². The molecule has 1 amide bonds. The van der Waals surface area contributed by atoms with E-state index < -0.39 is 12.1 Å². The Morgan fingerprint density at radius 1 is 0.375 bits per heavy atom. The number of carbonyl (C=O) groups is 2. The summed E-state index contributed by atoms with van der Waals surface area (Å²) in [5.41, 5.74) is 0. The number of unbranched alkanes of at least 4 members (excludes halogenated alkanes) is 46. The molecule has 6 nitrogen and oxygen atoms in total. The number of nitrogens with one attached hydrogen (secondary N) is 1. The molecular formula is C66H127NO5. The number of carbonyl (C=O) groups excluding carboxylic acids is 2. The van der Waals surface area contributed by atoms with Crippen LogP contribution >= 0.6 is 0 Å². The molecule has 426 valence electrons. The Hall–Kier alpha value is -1.66. The fourth-order valence-corrected chi connectivity index (χ4v) is 10.2. The molecule has 2 atom stereocenters. The van der Waals surface area contributed by atoms with E-state index in [1.807, 2.05) is 0 Å². The van der Waals surface area contributed by atoms with Gasteiger partial charge in [0, 0.05) is 12.8 Å². The van der Waals surface area contributed by atoms with Gasteiger partial charge in [-0.25, -0.2) is 0 Å². The second-order valence-corrected chi connectivity index (χ2v) is 22.4. The predicted molar refractivity (Wildman–Crippen MR) is 315 cm³/mol. The highest BCUT2D eigenvalue weighted by molar-refractivity contribution is 5.76. The van der Waals surface area contributed by atoms with Gasteiger partial charge in [0.15, 0.2) is 0 Å². The minimum atomic E-state index is -0.666. The van der Waals surface area contributed by atoms with Gasteiger partial charge in [0.1, 0.15) is 0 Å². The summed E-state index contributed by atoms with van der Waals surface area (Å²) in [5, 5.41) is 23.3. The second-order valence-electron chi connectivity index (χ2n) is 22.4. The Labute approximate surface area is 450 Å². The summed E-state index contributed by atoms with van der Waals surface area (Å²) in [5.74, 6) is -0.0302. The molecule has 72 heavy (non-hydrogen) atoms. The minimum Gasteiger partial charge on any atom is -0.466 e. The molecule has 0 saturated carbocycles. The first-order valence-electron chi connectivity index (χ1n) is 32.6. The van der Waals surface area contributed by atoms with Crippen molar-refractivity contribution in [2.24, 2.45) is 0 Å². The number of allylic oxidation sites excluding steroid dienone is 4. The maximum atomic E-state index is 12.5. The molecule has 6 heteroatoms. The van der Waals surface area contributed by atoms with E-state index in [4.69, 9.17) is 4.74 Å². The van der Waals surface area contributed by atoms with Gasteiger partial charge in [-0.2, -0.15) is 0 Å². The lowest BCUT2D eigenvalue weighted by Crippen LogP contribution is -2.45. The lowest BCUT2D eigenvalue weighted by molar-refractivity contribution is -0.143. The van der Waals surface area contributed by atoms with Gasteiger partial charge in [-0.1, -0.05) is 295 Å². The van der Waals surface area contributed by atoms with Crippen molar-refractivity contribution >= 4 is 11.9 Å². The Balaban J connectivity index is 3.39. The van der Waals surface area contributed by atoms with Crippen LogP contribution < -0.4 is 5.32 Å². The fourth-order valence-electron chi connectivity index (χ4n) is 10.2. The zero-order chi connectivity index (χ0) is 52.2. The first-order valence-corrected chi connectivity index (χ1v) is 32.6. The van der Waals surface area contributed by atoms with E-state index in [9.17, 15) is 19.8 Å². The van der Waals surface area contributed by atoms with Crippen LogP contribution in [-0.4, -0.2) is 47.4 Å². The van der Waals surface area contributed by atoms with Crippen molar-refractivity contribution in [1.82, 2.24) is 5.32 Å². The monoisotopic (exact) mass is 1010 g/mol.